The lowest BCUT2D eigenvalue weighted by Crippen LogP contribution is -2.51. The van der Waals surface area contributed by atoms with Gasteiger partial charge in [-0.05, 0) is 42.8 Å². The molecule has 1 aliphatic heterocycles. The van der Waals surface area contributed by atoms with E-state index in [1.54, 1.807) is 32.4 Å². The minimum atomic E-state index is -1.17. The van der Waals surface area contributed by atoms with Crippen molar-refractivity contribution in [3.05, 3.63) is 35.9 Å². The first-order chi connectivity index (χ1) is 17.2. The highest BCUT2D eigenvalue weighted by Crippen LogP contribution is 2.41. The van der Waals surface area contributed by atoms with Crippen LogP contribution in [0, 0.1) is 18.7 Å². The molecule has 2 aliphatic rings. The molecule has 2 amide bonds. The van der Waals surface area contributed by atoms with E-state index in [0.29, 0.717) is 53.9 Å². The van der Waals surface area contributed by atoms with Crippen molar-refractivity contribution >= 4 is 52.4 Å². The van der Waals surface area contributed by atoms with Crippen LogP contribution in [0.2, 0.25) is 0 Å². The minimum Gasteiger partial charge on any atom is -0.474 e. The molecule has 196 valence electrons. The molecule has 3 heterocycles. The van der Waals surface area contributed by atoms with Crippen LogP contribution in [-0.2, 0) is 4.79 Å². The van der Waals surface area contributed by atoms with Gasteiger partial charge < -0.3 is 25.8 Å². The summed E-state index contributed by atoms with van der Waals surface area (Å²) in [6, 6.07) is 2.84. The van der Waals surface area contributed by atoms with Crippen molar-refractivity contribution in [3.63, 3.8) is 0 Å². The smallest absolute Gasteiger partial charge is 0.413 e. The van der Waals surface area contributed by atoms with Crippen LogP contribution in [0.25, 0.3) is 21.9 Å². The number of hydrogen-bond donors (Lipinski definition) is 3. The summed E-state index contributed by atoms with van der Waals surface area (Å²) in [4.78, 5) is 35.7. The summed E-state index contributed by atoms with van der Waals surface area (Å²) in [7, 11) is 3.36. The van der Waals surface area contributed by atoms with Gasteiger partial charge in [0, 0.05) is 61.5 Å². The Morgan fingerprint density at radius 2 is 1.92 bits per heavy atom. The SMILES string of the molecule is Cc1c(-c2cc3cc(N(C(=O)O)C4CC(C(=O)N(C)C)C4)ncc3c(N)c2F)cnc2c1NCCO2.Cl. The van der Waals surface area contributed by atoms with Gasteiger partial charge in [-0.1, -0.05) is 0 Å². The van der Waals surface area contributed by atoms with E-state index in [4.69, 9.17) is 10.5 Å². The van der Waals surface area contributed by atoms with Crippen molar-refractivity contribution in [1.29, 1.82) is 0 Å². The summed E-state index contributed by atoms with van der Waals surface area (Å²) in [5, 5.41) is 14.1. The van der Waals surface area contributed by atoms with Crippen LogP contribution in [0.4, 0.5) is 26.4 Å². The maximum absolute atomic E-state index is 15.4. The molecule has 0 spiro atoms. The predicted octanol–water partition coefficient (Wildman–Crippen LogP) is 3.90. The van der Waals surface area contributed by atoms with Crippen molar-refractivity contribution in [2.24, 2.45) is 5.92 Å². The number of nitrogens with two attached hydrogens (primary N) is 1. The maximum Gasteiger partial charge on any atom is 0.413 e. The molecule has 0 bridgehead atoms. The van der Waals surface area contributed by atoms with E-state index in [1.165, 1.54) is 16.0 Å². The number of anilines is 3. The maximum atomic E-state index is 15.4. The number of amides is 2. The number of carbonyl (C=O) groups is 2. The van der Waals surface area contributed by atoms with Gasteiger partial charge in [0.05, 0.1) is 5.69 Å². The number of hydrogen-bond acceptors (Lipinski definition) is 7. The highest BCUT2D eigenvalue weighted by molar-refractivity contribution is 6.00. The Balaban J connectivity index is 0.00000320. The molecule has 1 aliphatic carbocycles. The van der Waals surface area contributed by atoms with Gasteiger partial charge in [0.2, 0.25) is 11.8 Å². The van der Waals surface area contributed by atoms with Gasteiger partial charge in [0.25, 0.3) is 0 Å². The number of rotatable bonds is 4. The zero-order chi connectivity index (χ0) is 25.7. The molecular weight excluding hydrogens is 503 g/mol. The van der Waals surface area contributed by atoms with E-state index < -0.39 is 11.9 Å². The number of nitrogens with one attached hydrogen (secondary N) is 1. The number of fused-ring (bicyclic) bond motifs is 2. The number of halogens is 2. The summed E-state index contributed by atoms with van der Waals surface area (Å²) in [5.41, 5.74) is 8.35. The minimum absolute atomic E-state index is 0. The van der Waals surface area contributed by atoms with Gasteiger partial charge in [-0.3, -0.25) is 9.69 Å². The van der Waals surface area contributed by atoms with E-state index in [1.807, 2.05) is 6.92 Å². The Morgan fingerprint density at radius 1 is 1.19 bits per heavy atom. The number of nitrogen functional groups attached to an aromatic ring is 1. The molecule has 3 aromatic rings. The van der Waals surface area contributed by atoms with E-state index in [9.17, 15) is 14.7 Å². The molecule has 1 saturated carbocycles. The summed E-state index contributed by atoms with van der Waals surface area (Å²) < 4.78 is 21.0. The van der Waals surface area contributed by atoms with Crippen LogP contribution in [-0.4, -0.2) is 65.3 Å². The fraction of sp³-hybridized carbons (Fsp3) is 0.360. The third-order valence-corrected chi connectivity index (χ3v) is 6.94. The van der Waals surface area contributed by atoms with Crippen LogP contribution < -0.4 is 20.7 Å². The topological polar surface area (TPSA) is 134 Å². The number of carboxylic acid groups (broad SMARTS) is 1. The predicted molar refractivity (Wildman–Crippen MR) is 141 cm³/mol. The van der Waals surface area contributed by atoms with Gasteiger partial charge in [-0.15, -0.1) is 12.4 Å². The van der Waals surface area contributed by atoms with Crippen LogP contribution in [0.5, 0.6) is 5.88 Å². The zero-order valence-electron chi connectivity index (χ0n) is 20.6. The van der Waals surface area contributed by atoms with Crippen LogP contribution >= 0.6 is 12.4 Å². The molecule has 37 heavy (non-hydrogen) atoms. The molecule has 12 heteroatoms. The Bertz CT molecular complexity index is 1400. The van der Waals surface area contributed by atoms with Gasteiger partial charge in [-0.25, -0.2) is 19.2 Å². The van der Waals surface area contributed by atoms with Crippen molar-refractivity contribution in [3.8, 4) is 17.0 Å². The molecule has 4 N–H and O–H groups in total. The second kappa shape index (κ2) is 9.89. The Labute approximate surface area is 219 Å². The number of aromatic nitrogens is 2. The fourth-order valence-corrected chi connectivity index (χ4v) is 4.91. The molecule has 10 nitrogen and oxygen atoms in total. The third-order valence-electron chi connectivity index (χ3n) is 6.94. The molecule has 0 radical (unpaired) electrons. The van der Waals surface area contributed by atoms with Crippen molar-refractivity contribution in [2.45, 2.75) is 25.8 Å². The number of benzene rings is 1. The van der Waals surface area contributed by atoms with E-state index in [2.05, 4.69) is 15.3 Å². The van der Waals surface area contributed by atoms with Gasteiger partial charge in [-0.2, -0.15) is 0 Å². The van der Waals surface area contributed by atoms with Crippen LogP contribution in [0.15, 0.2) is 24.5 Å². The molecule has 0 unspecified atom stereocenters. The van der Waals surface area contributed by atoms with E-state index in [-0.39, 0.29) is 47.3 Å². The molecule has 1 aromatic carbocycles. The number of nitrogens with zero attached hydrogens (tertiary/aromatic N) is 4. The first kappa shape index (κ1) is 26.2. The van der Waals surface area contributed by atoms with Gasteiger partial charge in [0.15, 0.2) is 5.82 Å². The van der Waals surface area contributed by atoms with Crippen LogP contribution in [0.3, 0.4) is 0 Å². The van der Waals surface area contributed by atoms with E-state index in [0.717, 1.165) is 5.56 Å². The van der Waals surface area contributed by atoms with Gasteiger partial charge >= 0.3 is 6.09 Å². The highest BCUT2D eigenvalue weighted by atomic mass is 35.5. The second-order valence-corrected chi connectivity index (χ2v) is 9.38. The van der Waals surface area contributed by atoms with E-state index >= 15 is 4.39 Å². The average molecular weight is 531 g/mol. The zero-order valence-corrected chi connectivity index (χ0v) is 21.4. The van der Waals surface area contributed by atoms with Crippen LogP contribution in [0.1, 0.15) is 18.4 Å². The Hall–Kier alpha value is -3.86. The lowest BCUT2D eigenvalue weighted by Gasteiger charge is -2.41. The fourth-order valence-electron chi connectivity index (χ4n) is 4.91. The molecule has 0 saturated heterocycles. The number of pyridine rings is 2. The monoisotopic (exact) mass is 530 g/mol. The summed E-state index contributed by atoms with van der Waals surface area (Å²) in [6.45, 7) is 2.96. The summed E-state index contributed by atoms with van der Waals surface area (Å²) in [6.07, 6.45) is 2.59. The highest BCUT2D eigenvalue weighted by Gasteiger charge is 2.41. The Kier molecular flexibility index (Phi) is 7.00. The lowest BCUT2D eigenvalue weighted by molar-refractivity contribution is -0.136. The molecule has 2 aromatic heterocycles. The lowest BCUT2D eigenvalue weighted by atomic mass is 9.78. The number of carbonyl (C=O) groups excluding carboxylic acids is 1. The largest absolute Gasteiger partial charge is 0.474 e. The molecule has 5 rings (SSSR count). The standard InChI is InChI=1S/C25H27FN6O4.ClH/c1-12-17(10-30-23-22(12)28-4-5-36-23)16-8-13-9-19(29-11-18(13)21(27)20(16)26)32(25(34)35)15-6-14(7-15)24(33)31(2)3;/h8-11,14-15,28H,4-7,27H2,1-3H3,(H,34,35);1H. The van der Waals surface area contributed by atoms with Gasteiger partial charge in [0.1, 0.15) is 18.1 Å². The van der Waals surface area contributed by atoms with Crippen molar-refractivity contribution in [1.82, 2.24) is 14.9 Å². The normalized spacial score (nSPS) is 17.9. The van der Waals surface area contributed by atoms with Crippen molar-refractivity contribution in [2.75, 3.05) is 43.2 Å². The Morgan fingerprint density at radius 3 is 2.59 bits per heavy atom. The molecule has 1 fully saturated rings. The molecular formula is C25H28ClFN6O4. The summed E-state index contributed by atoms with van der Waals surface area (Å²) in [5.74, 6) is -0.182. The first-order valence-electron chi connectivity index (χ1n) is 11.6. The number of ether oxygens (including phenoxy) is 1. The summed E-state index contributed by atoms with van der Waals surface area (Å²) >= 11 is 0. The first-order valence-corrected chi connectivity index (χ1v) is 11.6. The second-order valence-electron chi connectivity index (χ2n) is 9.38. The molecule has 0 atom stereocenters. The van der Waals surface area contributed by atoms with Crippen molar-refractivity contribution < 1.29 is 23.8 Å². The third kappa shape index (κ3) is 4.43. The average Bonchev–Trinajstić information content (AvgIpc) is 2.83. The quantitative estimate of drug-likeness (QED) is 0.432.